The van der Waals surface area contributed by atoms with E-state index in [0.717, 1.165) is 83.5 Å². The number of ether oxygens (including phenoxy) is 2. The smallest absolute Gasteiger partial charge is 0.306 e. The van der Waals surface area contributed by atoms with Crippen molar-refractivity contribution >= 4 is 11.9 Å². The molecule has 0 saturated heterocycles. The fourth-order valence-corrected chi connectivity index (χ4v) is 9.12. The van der Waals surface area contributed by atoms with Crippen LogP contribution in [0.5, 0.6) is 0 Å². The molecule has 0 radical (unpaired) electrons. The Balaban J connectivity index is 3.43. The van der Waals surface area contributed by atoms with Gasteiger partial charge in [0.1, 0.15) is 6.61 Å². The maximum atomic E-state index is 12.3. The van der Waals surface area contributed by atoms with Gasteiger partial charge < -0.3 is 14.6 Å². The molecule has 0 spiro atoms. The summed E-state index contributed by atoms with van der Waals surface area (Å²) in [7, 11) is 0. The number of carbonyl (C=O) groups is 2. The summed E-state index contributed by atoms with van der Waals surface area (Å²) in [5.41, 5.74) is 0. The standard InChI is InChI=1S/C69H120O5/c1-3-5-7-9-11-13-15-17-19-21-23-24-25-26-27-28-29-30-31-32-33-34-35-36-37-38-39-40-41-42-43-44-46-48-50-52-54-56-58-60-62-64-69(72)74-67(65-70)66-73-68(71)63-61-59-57-55-53-51-49-47-45-22-20-18-16-14-12-10-8-6-4-2/h5,7,11-14,17-20,23-24,26-27,29-30,67,70H,3-4,6,8-10,15-16,21-22,25,28,31-66H2,1-2H3/b7-5-,13-11-,14-12-,19-17-,20-18-,24-23-,27-26-,30-29-. The Morgan fingerprint density at radius 3 is 0.878 bits per heavy atom. The molecule has 0 aliphatic rings. The van der Waals surface area contributed by atoms with Crippen molar-refractivity contribution in [2.75, 3.05) is 13.2 Å². The number of carbonyl (C=O) groups excluding carboxylic acids is 2. The van der Waals surface area contributed by atoms with Gasteiger partial charge in [-0.25, -0.2) is 0 Å². The molecule has 1 N–H and O–H groups in total. The molecule has 0 aromatic carbocycles. The second-order valence-corrected chi connectivity index (χ2v) is 21.1. The Kier molecular flexibility index (Phi) is 61.4. The van der Waals surface area contributed by atoms with Crippen molar-refractivity contribution in [2.45, 2.75) is 315 Å². The van der Waals surface area contributed by atoms with Gasteiger partial charge in [-0.3, -0.25) is 9.59 Å². The summed E-state index contributed by atoms with van der Waals surface area (Å²) in [5.74, 6) is -0.585. The molecule has 0 rings (SSSR count). The van der Waals surface area contributed by atoms with E-state index in [0.29, 0.717) is 12.8 Å². The summed E-state index contributed by atoms with van der Waals surface area (Å²) >= 11 is 0. The van der Waals surface area contributed by atoms with E-state index in [4.69, 9.17) is 9.47 Å². The van der Waals surface area contributed by atoms with E-state index in [9.17, 15) is 14.7 Å². The molecule has 0 saturated carbocycles. The number of allylic oxidation sites excluding steroid dienone is 16. The summed E-state index contributed by atoms with van der Waals surface area (Å²) in [6.45, 7) is 4.02. The van der Waals surface area contributed by atoms with E-state index in [-0.39, 0.29) is 25.2 Å². The van der Waals surface area contributed by atoms with Gasteiger partial charge in [0.05, 0.1) is 6.61 Å². The molecule has 0 fully saturated rings. The van der Waals surface area contributed by atoms with Crippen LogP contribution in [0, 0.1) is 0 Å². The number of hydrogen-bond donors (Lipinski definition) is 1. The molecule has 5 nitrogen and oxygen atoms in total. The van der Waals surface area contributed by atoms with Crippen LogP contribution in [-0.4, -0.2) is 36.4 Å². The summed E-state index contributed by atoms with van der Waals surface area (Å²) in [6.07, 6.45) is 91.3. The molecule has 1 unspecified atom stereocenters. The highest BCUT2D eigenvalue weighted by Crippen LogP contribution is 2.17. The van der Waals surface area contributed by atoms with Gasteiger partial charge in [0.2, 0.25) is 0 Å². The fourth-order valence-electron chi connectivity index (χ4n) is 9.12. The van der Waals surface area contributed by atoms with Crippen molar-refractivity contribution in [1.29, 1.82) is 0 Å². The molecule has 0 heterocycles. The minimum Gasteiger partial charge on any atom is -0.462 e. The Bertz CT molecular complexity index is 1400. The van der Waals surface area contributed by atoms with Crippen LogP contribution >= 0.6 is 0 Å². The van der Waals surface area contributed by atoms with Crippen LogP contribution in [0.1, 0.15) is 309 Å². The Morgan fingerprint density at radius 2 is 0.581 bits per heavy atom. The monoisotopic (exact) mass is 1030 g/mol. The van der Waals surface area contributed by atoms with E-state index >= 15 is 0 Å². The molecular formula is C69H120O5. The molecule has 0 bridgehead atoms. The third-order valence-electron chi connectivity index (χ3n) is 13.9. The van der Waals surface area contributed by atoms with Gasteiger partial charge in [-0.1, -0.05) is 297 Å². The Morgan fingerprint density at radius 1 is 0.324 bits per heavy atom. The van der Waals surface area contributed by atoms with Crippen LogP contribution in [0.15, 0.2) is 97.2 Å². The van der Waals surface area contributed by atoms with Gasteiger partial charge >= 0.3 is 11.9 Å². The largest absolute Gasteiger partial charge is 0.462 e. The number of rotatable bonds is 58. The second-order valence-electron chi connectivity index (χ2n) is 21.1. The van der Waals surface area contributed by atoms with Crippen LogP contribution in [-0.2, 0) is 19.1 Å². The topological polar surface area (TPSA) is 72.8 Å². The zero-order valence-corrected chi connectivity index (χ0v) is 48.8. The average Bonchev–Trinajstić information content (AvgIpc) is 3.40. The van der Waals surface area contributed by atoms with Crippen molar-refractivity contribution in [3.8, 4) is 0 Å². The van der Waals surface area contributed by atoms with E-state index < -0.39 is 6.10 Å². The minimum absolute atomic E-state index is 0.0673. The van der Waals surface area contributed by atoms with Crippen molar-refractivity contribution in [3.05, 3.63) is 97.2 Å². The summed E-state index contributed by atoms with van der Waals surface area (Å²) in [4.78, 5) is 24.6. The zero-order chi connectivity index (χ0) is 53.4. The molecule has 1 atom stereocenters. The van der Waals surface area contributed by atoms with Gasteiger partial charge in [0.25, 0.3) is 0 Å². The third kappa shape index (κ3) is 61.4. The fraction of sp³-hybridized carbons (Fsp3) is 0.739. The predicted octanol–water partition coefficient (Wildman–Crippen LogP) is 21.9. The molecule has 426 valence electrons. The number of aliphatic hydroxyl groups is 1. The summed E-state index contributed by atoms with van der Waals surface area (Å²) < 4.78 is 10.7. The van der Waals surface area contributed by atoms with E-state index in [1.807, 2.05) is 0 Å². The first-order valence-electron chi connectivity index (χ1n) is 31.8. The molecule has 0 aliphatic heterocycles. The first kappa shape index (κ1) is 70.8. The van der Waals surface area contributed by atoms with Gasteiger partial charge in [-0.2, -0.15) is 0 Å². The number of esters is 2. The van der Waals surface area contributed by atoms with E-state index in [1.54, 1.807) is 0 Å². The normalized spacial score (nSPS) is 12.9. The van der Waals surface area contributed by atoms with Crippen molar-refractivity contribution < 1.29 is 24.2 Å². The van der Waals surface area contributed by atoms with Gasteiger partial charge in [0, 0.05) is 12.8 Å². The first-order valence-corrected chi connectivity index (χ1v) is 31.8. The minimum atomic E-state index is -0.776. The SMILES string of the molecule is CC/C=C\C/C=C\C/C=C\C/C=C\C/C=C\C/C=C\CCCCCCCCCCCCCCCCCCCCCCCCC(=O)OC(CO)COC(=O)CCCCCCCCCCC/C=C\C/C=C\CCCCC. The lowest BCUT2D eigenvalue weighted by Crippen LogP contribution is -2.28. The molecule has 0 amide bonds. The molecule has 5 heteroatoms. The molecular weight excluding hydrogens is 909 g/mol. The lowest BCUT2D eigenvalue weighted by Gasteiger charge is -2.15. The molecule has 0 aliphatic carbocycles. The highest BCUT2D eigenvalue weighted by atomic mass is 16.6. The number of aliphatic hydroxyl groups excluding tert-OH is 1. The maximum Gasteiger partial charge on any atom is 0.306 e. The summed E-state index contributed by atoms with van der Waals surface area (Å²) in [5, 5.41) is 9.67. The maximum absolute atomic E-state index is 12.3. The highest BCUT2D eigenvalue weighted by Gasteiger charge is 2.16. The lowest BCUT2D eigenvalue weighted by atomic mass is 10.0. The van der Waals surface area contributed by atoms with Crippen LogP contribution in [0.25, 0.3) is 0 Å². The zero-order valence-electron chi connectivity index (χ0n) is 48.8. The predicted molar refractivity (Wildman–Crippen MR) is 325 cm³/mol. The van der Waals surface area contributed by atoms with Crippen LogP contribution < -0.4 is 0 Å². The van der Waals surface area contributed by atoms with Crippen molar-refractivity contribution in [2.24, 2.45) is 0 Å². The van der Waals surface area contributed by atoms with Gasteiger partial charge in [-0.05, 0) is 96.3 Å². The molecule has 0 aromatic rings. The third-order valence-corrected chi connectivity index (χ3v) is 13.9. The first-order chi connectivity index (χ1) is 36.6. The number of hydrogen-bond acceptors (Lipinski definition) is 5. The summed E-state index contributed by atoms with van der Waals surface area (Å²) in [6, 6.07) is 0. The van der Waals surface area contributed by atoms with Gasteiger partial charge in [0.15, 0.2) is 6.10 Å². The Labute approximate surface area is 459 Å². The number of unbranched alkanes of at least 4 members (excludes halogenated alkanes) is 34. The van der Waals surface area contributed by atoms with Crippen molar-refractivity contribution in [1.82, 2.24) is 0 Å². The van der Waals surface area contributed by atoms with Gasteiger partial charge in [-0.15, -0.1) is 0 Å². The average molecular weight is 1030 g/mol. The highest BCUT2D eigenvalue weighted by molar-refractivity contribution is 5.70. The van der Waals surface area contributed by atoms with Crippen molar-refractivity contribution in [3.63, 3.8) is 0 Å². The van der Waals surface area contributed by atoms with E-state index in [2.05, 4.69) is 111 Å². The quantitative estimate of drug-likeness (QED) is 0.0373. The van der Waals surface area contributed by atoms with Crippen LogP contribution in [0.2, 0.25) is 0 Å². The lowest BCUT2D eigenvalue weighted by molar-refractivity contribution is -0.161. The second kappa shape index (κ2) is 64.1. The van der Waals surface area contributed by atoms with Crippen LogP contribution in [0.4, 0.5) is 0 Å². The van der Waals surface area contributed by atoms with E-state index in [1.165, 1.54) is 199 Å². The Hall–Kier alpha value is -3.18. The molecule has 74 heavy (non-hydrogen) atoms. The molecule has 0 aromatic heterocycles. The van der Waals surface area contributed by atoms with Crippen LogP contribution in [0.3, 0.4) is 0 Å².